The highest BCUT2D eigenvalue weighted by molar-refractivity contribution is 5.92. The molecule has 0 saturated carbocycles. The quantitative estimate of drug-likeness (QED) is 0.354. The number of likely N-dealkylation sites (tertiary alicyclic amines) is 2. The van der Waals surface area contributed by atoms with Gasteiger partial charge < -0.3 is 19.9 Å². The van der Waals surface area contributed by atoms with Crippen molar-refractivity contribution in [1.82, 2.24) is 24.6 Å². The van der Waals surface area contributed by atoms with Crippen LogP contribution < -0.4 is 16.0 Å². The summed E-state index contributed by atoms with van der Waals surface area (Å²) in [5.74, 6) is 0.314. The van der Waals surface area contributed by atoms with Gasteiger partial charge in [0, 0.05) is 49.6 Å². The molecule has 2 aliphatic rings. The Hall–Kier alpha value is -4.44. The van der Waals surface area contributed by atoms with Crippen LogP contribution in [0.3, 0.4) is 0 Å². The van der Waals surface area contributed by atoms with Crippen molar-refractivity contribution in [2.24, 2.45) is 0 Å². The molecule has 4 aromatic rings. The average Bonchev–Trinajstić information content (AvgIpc) is 3.38. The number of carbonyl (C=O) groups excluding carboxylic acids is 1. The number of hydrogen-bond acceptors (Lipinski definition) is 6. The Bertz CT molecular complexity index is 1640. The molecule has 2 saturated heterocycles. The fourth-order valence-electron chi connectivity index (χ4n) is 5.59. The first-order chi connectivity index (χ1) is 19.4. The molecule has 10 heteroatoms. The van der Waals surface area contributed by atoms with E-state index in [1.54, 1.807) is 36.4 Å². The van der Waals surface area contributed by atoms with Crippen molar-refractivity contribution >= 4 is 22.6 Å². The van der Waals surface area contributed by atoms with E-state index < -0.39 is 5.82 Å². The van der Waals surface area contributed by atoms with Gasteiger partial charge in [0.25, 0.3) is 5.56 Å². The highest BCUT2D eigenvalue weighted by atomic mass is 19.1. The number of nitrogens with two attached hydrogens (primary N) is 1. The summed E-state index contributed by atoms with van der Waals surface area (Å²) in [6.45, 7) is 2.25. The molecule has 9 nitrogen and oxygen atoms in total. The number of hydrogen-bond donors (Lipinski definition) is 2. The third-order valence-corrected chi connectivity index (χ3v) is 7.94. The van der Waals surface area contributed by atoms with Crippen molar-refractivity contribution < 1.29 is 13.9 Å². The van der Waals surface area contributed by atoms with Crippen molar-refractivity contribution in [3.63, 3.8) is 0 Å². The first-order valence-electron chi connectivity index (χ1n) is 13.5. The van der Waals surface area contributed by atoms with Crippen LogP contribution >= 0.6 is 0 Å². The number of para-hydroxylation sites is 1. The van der Waals surface area contributed by atoms with Crippen molar-refractivity contribution in [2.45, 2.75) is 31.2 Å². The van der Waals surface area contributed by atoms with Crippen LogP contribution in [0.25, 0.3) is 16.6 Å². The van der Waals surface area contributed by atoms with E-state index in [2.05, 4.69) is 22.1 Å². The number of benzene rings is 2. The van der Waals surface area contributed by atoms with Crippen LogP contribution in [0.15, 0.2) is 71.7 Å². The summed E-state index contributed by atoms with van der Waals surface area (Å²) >= 11 is 0. The molecule has 3 N–H and O–H groups in total. The van der Waals surface area contributed by atoms with Gasteiger partial charge in [0.2, 0.25) is 5.91 Å². The molecule has 0 bridgehead atoms. The standard InChI is InChI=1S/C30H31FN6O3/c1-35-16-14-20(35)10-13-26(38)36-15-4-5-19(17-36)23-18-37(28-27(23)30(39)34-33-29(28)32)21-8-11-22(12-9-21)40-25-7-3-2-6-24(25)31/h2-3,6-13,18-20H,4-5,14-17H2,1H3,(H2,32,33)(H,34,39)/b13-10+. The van der Waals surface area contributed by atoms with E-state index >= 15 is 0 Å². The Labute approximate surface area is 230 Å². The van der Waals surface area contributed by atoms with Gasteiger partial charge in [-0.05, 0) is 68.3 Å². The van der Waals surface area contributed by atoms with Crippen LogP contribution in [0.1, 0.15) is 30.7 Å². The van der Waals surface area contributed by atoms with Crippen LogP contribution in [-0.4, -0.2) is 63.2 Å². The smallest absolute Gasteiger partial charge is 0.274 e. The van der Waals surface area contributed by atoms with Crippen molar-refractivity contribution in [2.75, 3.05) is 32.4 Å². The van der Waals surface area contributed by atoms with Gasteiger partial charge in [-0.3, -0.25) is 14.5 Å². The number of aromatic nitrogens is 3. The molecule has 0 radical (unpaired) electrons. The third kappa shape index (κ3) is 4.86. The lowest BCUT2D eigenvalue weighted by Crippen LogP contribution is -2.43. The fraction of sp³-hybridized carbons (Fsp3) is 0.300. The minimum absolute atomic E-state index is 0.00531. The molecule has 2 unspecified atom stereocenters. The number of aromatic amines is 1. The predicted octanol–water partition coefficient (Wildman–Crippen LogP) is 4.19. The normalized spacial score (nSPS) is 19.7. The van der Waals surface area contributed by atoms with E-state index in [1.165, 1.54) is 6.07 Å². The molecule has 2 aromatic heterocycles. The fourth-order valence-corrected chi connectivity index (χ4v) is 5.59. The molecule has 0 aliphatic carbocycles. The van der Waals surface area contributed by atoms with Crippen molar-refractivity contribution in [1.29, 1.82) is 0 Å². The molecule has 6 rings (SSSR count). The Morgan fingerprint density at radius 3 is 2.67 bits per heavy atom. The van der Waals surface area contributed by atoms with Gasteiger partial charge in [0.15, 0.2) is 17.4 Å². The molecule has 2 aromatic carbocycles. The number of amides is 1. The van der Waals surface area contributed by atoms with Crippen molar-refractivity contribution in [3.05, 3.63) is 88.6 Å². The predicted molar refractivity (Wildman–Crippen MR) is 151 cm³/mol. The van der Waals surface area contributed by atoms with Gasteiger partial charge in [-0.25, -0.2) is 9.49 Å². The topological polar surface area (TPSA) is 109 Å². The van der Waals surface area contributed by atoms with Crippen LogP contribution in [0.5, 0.6) is 11.5 Å². The second kappa shape index (κ2) is 10.6. The lowest BCUT2D eigenvalue weighted by atomic mass is 9.90. The van der Waals surface area contributed by atoms with Gasteiger partial charge in [-0.2, -0.15) is 5.10 Å². The summed E-state index contributed by atoms with van der Waals surface area (Å²) in [6, 6.07) is 13.6. The summed E-state index contributed by atoms with van der Waals surface area (Å²) < 4.78 is 21.6. The highest BCUT2D eigenvalue weighted by Crippen LogP contribution is 2.35. The summed E-state index contributed by atoms with van der Waals surface area (Å²) in [4.78, 5) is 30.1. The van der Waals surface area contributed by atoms with Gasteiger partial charge in [-0.15, -0.1) is 0 Å². The molecular formula is C30H31FN6O3. The van der Waals surface area contributed by atoms with Crippen LogP contribution in [0.2, 0.25) is 0 Å². The summed E-state index contributed by atoms with van der Waals surface area (Å²) in [5.41, 5.74) is 8.04. The van der Waals surface area contributed by atoms with E-state index in [1.807, 2.05) is 33.9 Å². The van der Waals surface area contributed by atoms with Gasteiger partial charge in [0.05, 0.1) is 5.39 Å². The van der Waals surface area contributed by atoms with Crippen LogP contribution in [0.4, 0.5) is 10.2 Å². The van der Waals surface area contributed by atoms with Crippen LogP contribution in [-0.2, 0) is 4.79 Å². The van der Waals surface area contributed by atoms with Gasteiger partial charge in [0.1, 0.15) is 11.3 Å². The molecule has 2 fully saturated rings. The number of rotatable bonds is 6. The Kier molecular flexibility index (Phi) is 6.85. The van der Waals surface area contributed by atoms with E-state index in [0.29, 0.717) is 35.8 Å². The average molecular weight is 543 g/mol. The first-order valence-corrected chi connectivity index (χ1v) is 13.5. The van der Waals surface area contributed by atoms with E-state index in [9.17, 15) is 14.0 Å². The van der Waals surface area contributed by atoms with Gasteiger partial charge >= 0.3 is 0 Å². The zero-order valence-electron chi connectivity index (χ0n) is 22.2. The number of H-pyrrole nitrogens is 1. The second-order valence-corrected chi connectivity index (χ2v) is 10.5. The number of nitrogens with one attached hydrogen (secondary N) is 1. The third-order valence-electron chi connectivity index (χ3n) is 7.94. The summed E-state index contributed by atoms with van der Waals surface area (Å²) in [6.07, 6.45) is 8.33. The van der Waals surface area contributed by atoms with E-state index in [-0.39, 0.29) is 29.0 Å². The number of ether oxygens (including phenoxy) is 1. The second-order valence-electron chi connectivity index (χ2n) is 10.5. The minimum atomic E-state index is -0.448. The van der Waals surface area contributed by atoms with Crippen molar-refractivity contribution in [3.8, 4) is 17.2 Å². The number of fused-ring (bicyclic) bond motifs is 1. The molecule has 1 amide bonds. The lowest BCUT2D eigenvalue weighted by molar-refractivity contribution is -0.127. The molecular weight excluding hydrogens is 511 g/mol. The molecule has 206 valence electrons. The van der Waals surface area contributed by atoms with E-state index in [0.717, 1.165) is 37.1 Å². The summed E-state index contributed by atoms with van der Waals surface area (Å²) in [5, 5.41) is 7.01. The number of piperidine rings is 1. The maximum absolute atomic E-state index is 14.0. The minimum Gasteiger partial charge on any atom is -0.454 e. The maximum Gasteiger partial charge on any atom is 0.274 e. The molecule has 0 spiro atoms. The number of nitrogen functional groups attached to an aromatic ring is 1. The summed E-state index contributed by atoms with van der Waals surface area (Å²) in [7, 11) is 2.05. The van der Waals surface area contributed by atoms with Gasteiger partial charge in [-0.1, -0.05) is 18.2 Å². The number of likely N-dealkylation sites (N-methyl/N-ethyl adjacent to an activating group) is 1. The number of halogens is 1. The molecule has 4 heterocycles. The lowest BCUT2D eigenvalue weighted by Gasteiger charge is -2.36. The number of anilines is 1. The first kappa shape index (κ1) is 25.8. The number of nitrogens with zero attached hydrogens (tertiary/aromatic N) is 4. The molecule has 2 atom stereocenters. The van der Waals surface area contributed by atoms with Crippen LogP contribution in [0, 0.1) is 5.82 Å². The zero-order valence-corrected chi connectivity index (χ0v) is 22.2. The largest absolute Gasteiger partial charge is 0.454 e. The number of carbonyl (C=O) groups is 1. The Morgan fingerprint density at radius 1 is 1.15 bits per heavy atom. The Balaban J connectivity index is 1.30. The molecule has 40 heavy (non-hydrogen) atoms. The Morgan fingerprint density at radius 2 is 1.95 bits per heavy atom. The zero-order chi connectivity index (χ0) is 27.8. The maximum atomic E-state index is 14.0. The molecule has 2 aliphatic heterocycles. The highest BCUT2D eigenvalue weighted by Gasteiger charge is 2.29. The monoisotopic (exact) mass is 542 g/mol. The SMILES string of the molecule is CN1CCC1/C=C/C(=O)N1CCCC(c2cn(-c3ccc(Oc4ccccc4F)cc3)c3c(N)n[nH]c(=O)c23)C1. The van der Waals surface area contributed by atoms with E-state index in [4.69, 9.17) is 10.5 Å².